The highest BCUT2D eigenvalue weighted by Crippen LogP contribution is 2.21. The summed E-state index contributed by atoms with van der Waals surface area (Å²) in [4.78, 5) is 27.7. The van der Waals surface area contributed by atoms with Crippen molar-refractivity contribution in [1.82, 2.24) is 4.90 Å². The SMILES string of the molecule is C[C@@H](C(=O)N(C)C1CCCCC1)[NH+](C)CC(=O)Nc1ccc(Cl)cc1. The third-order valence-corrected chi connectivity index (χ3v) is 5.40. The van der Waals surface area contributed by atoms with Gasteiger partial charge in [0.25, 0.3) is 11.8 Å². The van der Waals surface area contributed by atoms with E-state index in [0.29, 0.717) is 16.8 Å². The molecule has 0 aliphatic heterocycles. The topological polar surface area (TPSA) is 53.9 Å². The van der Waals surface area contributed by atoms with E-state index in [9.17, 15) is 9.59 Å². The summed E-state index contributed by atoms with van der Waals surface area (Å²) < 4.78 is 0. The lowest BCUT2D eigenvalue weighted by atomic mass is 9.94. The quantitative estimate of drug-likeness (QED) is 0.808. The van der Waals surface area contributed by atoms with Crippen LogP contribution >= 0.6 is 11.6 Å². The Morgan fingerprint density at radius 3 is 2.44 bits per heavy atom. The first-order valence-electron chi connectivity index (χ1n) is 9.03. The molecule has 1 aromatic rings. The van der Waals surface area contributed by atoms with Crippen LogP contribution < -0.4 is 10.2 Å². The second-order valence-electron chi connectivity index (χ2n) is 7.04. The summed E-state index contributed by atoms with van der Waals surface area (Å²) >= 11 is 5.84. The Morgan fingerprint density at radius 2 is 1.84 bits per heavy atom. The summed E-state index contributed by atoms with van der Waals surface area (Å²) in [5.74, 6) is 0.00323. The maximum atomic E-state index is 12.7. The molecule has 5 nitrogen and oxygen atoms in total. The third-order valence-electron chi connectivity index (χ3n) is 5.15. The number of hydrogen-bond donors (Lipinski definition) is 2. The van der Waals surface area contributed by atoms with Gasteiger partial charge in [-0.15, -0.1) is 0 Å². The van der Waals surface area contributed by atoms with Crippen molar-refractivity contribution in [2.75, 3.05) is 26.0 Å². The number of carbonyl (C=O) groups is 2. The van der Waals surface area contributed by atoms with E-state index in [1.807, 2.05) is 25.9 Å². The zero-order chi connectivity index (χ0) is 18.4. The average Bonchev–Trinajstić information content (AvgIpc) is 2.62. The zero-order valence-electron chi connectivity index (χ0n) is 15.3. The van der Waals surface area contributed by atoms with Crippen molar-refractivity contribution in [3.63, 3.8) is 0 Å². The van der Waals surface area contributed by atoms with Gasteiger partial charge in [0, 0.05) is 23.8 Å². The van der Waals surface area contributed by atoms with E-state index in [-0.39, 0.29) is 24.4 Å². The average molecular weight is 367 g/mol. The van der Waals surface area contributed by atoms with E-state index in [1.165, 1.54) is 19.3 Å². The third kappa shape index (κ3) is 5.72. The molecule has 1 aliphatic rings. The van der Waals surface area contributed by atoms with Gasteiger partial charge in [-0.25, -0.2) is 0 Å². The molecule has 0 radical (unpaired) electrons. The molecule has 2 N–H and O–H groups in total. The molecule has 0 heterocycles. The number of hydrogen-bond acceptors (Lipinski definition) is 2. The molecule has 2 amide bonds. The fourth-order valence-electron chi connectivity index (χ4n) is 3.31. The summed E-state index contributed by atoms with van der Waals surface area (Å²) in [6.45, 7) is 2.14. The van der Waals surface area contributed by atoms with Crippen molar-refractivity contribution in [1.29, 1.82) is 0 Å². The highest BCUT2D eigenvalue weighted by atomic mass is 35.5. The number of amides is 2. The maximum absolute atomic E-state index is 12.7. The van der Waals surface area contributed by atoms with Crippen molar-refractivity contribution in [3.8, 4) is 0 Å². The van der Waals surface area contributed by atoms with Crippen molar-refractivity contribution in [3.05, 3.63) is 29.3 Å². The molecule has 1 unspecified atom stereocenters. The Labute approximate surface area is 155 Å². The molecular weight excluding hydrogens is 338 g/mol. The zero-order valence-corrected chi connectivity index (χ0v) is 16.1. The Hall–Kier alpha value is -1.59. The van der Waals surface area contributed by atoms with Gasteiger partial charge < -0.3 is 15.1 Å². The Morgan fingerprint density at radius 1 is 1.24 bits per heavy atom. The van der Waals surface area contributed by atoms with E-state index >= 15 is 0 Å². The summed E-state index contributed by atoms with van der Waals surface area (Å²) in [5.41, 5.74) is 0.709. The van der Waals surface area contributed by atoms with Gasteiger partial charge >= 0.3 is 0 Å². The largest absolute Gasteiger partial charge is 0.338 e. The molecular formula is C19H29ClN3O2+. The van der Waals surface area contributed by atoms with Crippen molar-refractivity contribution < 1.29 is 14.5 Å². The van der Waals surface area contributed by atoms with Crippen LogP contribution in [0.4, 0.5) is 5.69 Å². The molecule has 0 saturated heterocycles. The van der Waals surface area contributed by atoms with Crippen LogP contribution in [0.3, 0.4) is 0 Å². The van der Waals surface area contributed by atoms with Crippen LogP contribution in [0.2, 0.25) is 5.02 Å². The summed E-state index contributed by atoms with van der Waals surface area (Å²) in [6, 6.07) is 7.10. The standard InChI is InChI=1S/C19H28ClN3O2/c1-14(19(25)23(3)17-7-5-4-6-8-17)22(2)13-18(24)21-16-11-9-15(20)10-12-16/h9-12,14,17H,4-8,13H2,1-3H3,(H,21,24)/p+1/t14-/m0/s1. The molecule has 1 saturated carbocycles. The molecule has 138 valence electrons. The minimum Gasteiger partial charge on any atom is -0.338 e. The highest BCUT2D eigenvalue weighted by molar-refractivity contribution is 6.30. The summed E-state index contributed by atoms with van der Waals surface area (Å²) in [7, 11) is 3.79. The van der Waals surface area contributed by atoms with Gasteiger partial charge in [0.2, 0.25) is 0 Å². The first-order valence-corrected chi connectivity index (χ1v) is 9.40. The molecule has 0 spiro atoms. The Bertz CT molecular complexity index is 585. The molecule has 1 aliphatic carbocycles. The number of anilines is 1. The molecule has 1 fully saturated rings. The van der Waals surface area contributed by atoms with Gasteiger partial charge in [-0.3, -0.25) is 9.59 Å². The molecule has 0 aromatic heterocycles. The summed E-state index contributed by atoms with van der Waals surface area (Å²) in [5, 5.41) is 3.47. The van der Waals surface area contributed by atoms with Crippen LogP contribution in [0.1, 0.15) is 39.0 Å². The van der Waals surface area contributed by atoms with Crippen LogP contribution in [0, 0.1) is 0 Å². The van der Waals surface area contributed by atoms with Crippen LogP contribution in [-0.4, -0.2) is 49.4 Å². The van der Waals surface area contributed by atoms with E-state index in [1.54, 1.807) is 24.3 Å². The number of halogens is 1. The number of carbonyl (C=O) groups excluding carboxylic acids is 2. The van der Waals surface area contributed by atoms with Crippen LogP contribution in [0.15, 0.2) is 24.3 Å². The minimum absolute atomic E-state index is 0.111. The van der Waals surface area contributed by atoms with Crippen molar-refractivity contribution in [2.24, 2.45) is 0 Å². The lowest BCUT2D eigenvalue weighted by Gasteiger charge is -2.33. The molecule has 2 rings (SSSR count). The number of likely N-dealkylation sites (N-methyl/N-ethyl adjacent to an activating group) is 2. The number of quaternary nitrogens is 1. The number of nitrogens with zero attached hydrogens (tertiary/aromatic N) is 1. The second kappa shape index (κ2) is 9.20. The van der Waals surface area contributed by atoms with Gasteiger partial charge in [-0.2, -0.15) is 0 Å². The first-order chi connectivity index (χ1) is 11.9. The number of benzene rings is 1. The van der Waals surface area contributed by atoms with Crippen molar-refractivity contribution in [2.45, 2.75) is 51.1 Å². The number of rotatable bonds is 6. The Balaban J connectivity index is 1.85. The molecule has 2 atom stereocenters. The molecule has 6 heteroatoms. The van der Waals surface area contributed by atoms with Gasteiger partial charge in [-0.1, -0.05) is 30.9 Å². The monoisotopic (exact) mass is 366 g/mol. The maximum Gasteiger partial charge on any atom is 0.280 e. The van der Waals surface area contributed by atoms with Gasteiger partial charge in [-0.05, 0) is 44.0 Å². The van der Waals surface area contributed by atoms with E-state index < -0.39 is 0 Å². The lowest BCUT2D eigenvalue weighted by Crippen LogP contribution is -3.15. The fourth-order valence-corrected chi connectivity index (χ4v) is 3.44. The highest BCUT2D eigenvalue weighted by Gasteiger charge is 2.30. The minimum atomic E-state index is -0.247. The first kappa shape index (κ1) is 19.7. The van der Waals surface area contributed by atoms with E-state index in [0.717, 1.165) is 17.7 Å². The Kier molecular flexibility index (Phi) is 7.26. The molecule has 0 bridgehead atoms. The van der Waals surface area contributed by atoms with Crippen LogP contribution in [0.25, 0.3) is 0 Å². The van der Waals surface area contributed by atoms with Gasteiger partial charge in [0.1, 0.15) is 0 Å². The summed E-state index contributed by atoms with van der Waals surface area (Å²) in [6.07, 6.45) is 5.84. The van der Waals surface area contributed by atoms with Gasteiger partial charge in [0.05, 0.1) is 7.05 Å². The van der Waals surface area contributed by atoms with Crippen LogP contribution in [0.5, 0.6) is 0 Å². The van der Waals surface area contributed by atoms with E-state index in [4.69, 9.17) is 11.6 Å². The molecule has 1 aromatic carbocycles. The van der Waals surface area contributed by atoms with E-state index in [2.05, 4.69) is 5.32 Å². The fraction of sp³-hybridized carbons (Fsp3) is 0.579. The van der Waals surface area contributed by atoms with Crippen molar-refractivity contribution >= 4 is 29.1 Å². The number of nitrogens with one attached hydrogen (secondary N) is 2. The normalized spacial score (nSPS) is 17.6. The smallest absolute Gasteiger partial charge is 0.280 e. The van der Waals surface area contributed by atoms with Gasteiger partial charge in [0.15, 0.2) is 12.6 Å². The second-order valence-corrected chi connectivity index (χ2v) is 7.48. The molecule has 25 heavy (non-hydrogen) atoms. The predicted molar refractivity (Wildman–Crippen MR) is 101 cm³/mol. The van der Waals surface area contributed by atoms with Crippen LogP contribution in [-0.2, 0) is 9.59 Å². The predicted octanol–water partition coefficient (Wildman–Crippen LogP) is 1.97. The lowest BCUT2D eigenvalue weighted by molar-refractivity contribution is -0.886.